The predicted molar refractivity (Wildman–Crippen MR) is 133 cm³/mol. The Balaban J connectivity index is 1.27. The van der Waals surface area contributed by atoms with Crippen LogP contribution in [0.25, 0.3) is 11.1 Å². The molecule has 1 aromatic heterocycles. The van der Waals surface area contributed by atoms with E-state index in [1.54, 1.807) is 18.2 Å². The van der Waals surface area contributed by atoms with Crippen LogP contribution in [-0.2, 0) is 6.54 Å². The average Bonchev–Trinajstić information content (AvgIpc) is 3.28. The van der Waals surface area contributed by atoms with Crippen LogP contribution in [0, 0.1) is 6.92 Å². The van der Waals surface area contributed by atoms with E-state index < -0.39 is 0 Å². The number of aromatic nitrogens is 1. The molecule has 5 rings (SSSR count). The molecule has 1 fully saturated rings. The van der Waals surface area contributed by atoms with E-state index in [0.29, 0.717) is 35.1 Å². The highest BCUT2D eigenvalue weighted by atomic mass is 16.5. The molecule has 2 aromatic carbocycles. The first-order chi connectivity index (χ1) is 16.8. The van der Waals surface area contributed by atoms with Gasteiger partial charge < -0.3 is 19.5 Å². The number of rotatable bonds is 5. The Kier molecular flexibility index (Phi) is 6.19. The Morgan fingerprint density at radius 1 is 1.09 bits per heavy atom. The lowest BCUT2D eigenvalue weighted by molar-refractivity contribution is -0.0153. The molecule has 2 aliphatic rings. The van der Waals surface area contributed by atoms with Crippen LogP contribution in [0.2, 0.25) is 0 Å². The summed E-state index contributed by atoms with van der Waals surface area (Å²) in [4.78, 5) is 28.0. The van der Waals surface area contributed by atoms with Crippen molar-refractivity contribution in [2.45, 2.75) is 58.2 Å². The molecular weight excluding hydrogens is 442 g/mol. The standard InChI is InChI=1S/C28H31N3O4/c1-18(2)31-12-10-28(11-13-31)16-25(32)24-15-22(8-9-26(24)34-28)20-4-6-21(7-5-20)27(33)29-17-23-14-19(3)30-35-23/h4-9,14-15,18H,10-13,16-17H2,1-3H3,(H,29,33). The fraction of sp³-hybridized carbons (Fsp3) is 0.393. The van der Waals surface area contributed by atoms with Gasteiger partial charge in [0.2, 0.25) is 0 Å². The lowest BCUT2D eigenvalue weighted by Gasteiger charge is -2.45. The van der Waals surface area contributed by atoms with Crippen molar-refractivity contribution in [2.75, 3.05) is 13.1 Å². The number of nitrogens with zero attached hydrogens (tertiary/aromatic N) is 2. The van der Waals surface area contributed by atoms with E-state index >= 15 is 0 Å². The summed E-state index contributed by atoms with van der Waals surface area (Å²) < 4.78 is 11.6. The molecule has 182 valence electrons. The van der Waals surface area contributed by atoms with E-state index in [0.717, 1.165) is 42.8 Å². The fourth-order valence-corrected chi connectivity index (χ4v) is 4.98. The molecule has 1 spiro atoms. The van der Waals surface area contributed by atoms with Crippen molar-refractivity contribution in [3.8, 4) is 16.9 Å². The summed E-state index contributed by atoms with van der Waals surface area (Å²) in [6.45, 7) is 8.44. The van der Waals surface area contributed by atoms with Crippen molar-refractivity contribution in [1.29, 1.82) is 0 Å². The van der Waals surface area contributed by atoms with Crippen LogP contribution >= 0.6 is 0 Å². The van der Waals surface area contributed by atoms with Gasteiger partial charge in [0.15, 0.2) is 11.5 Å². The first kappa shape index (κ1) is 23.3. The Morgan fingerprint density at radius 2 is 1.80 bits per heavy atom. The van der Waals surface area contributed by atoms with Crippen LogP contribution < -0.4 is 10.1 Å². The van der Waals surface area contributed by atoms with Crippen LogP contribution in [0.4, 0.5) is 0 Å². The molecule has 1 saturated heterocycles. The van der Waals surface area contributed by atoms with Gasteiger partial charge in [0.05, 0.1) is 24.2 Å². The number of likely N-dealkylation sites (tertiary alicyclic amines) is 1. The second-order valence-electron chi connectivity index (χ2n) is 9.92. The molecule has 1 N–H and O–H groups in total. The molecule has 0 saturated carbocycles. The number of carbonyl (C=O) groups is 2. The van der Waals surface area contributed by atoms with E-state index in [4.69, 9.17) is 9.26 Å². The van der Waals surface area contributed by atoms with Crippen molar-refractivity contribution in [1.82, 2.24) is 15.4 Å². The second kappa shape index (κ2) is 9.30. The normalized spacial score (nSPS) is 17.3. The van der Waals surface area contributed by atoms with Crippen LogP contribution in [0.5, 0.6) is 5.75 Å². The number of carbonyl (C=O) groups excluding carboxylic acids is 2. The highest BCUT2D eigenvalue weighted by Crippen LogP contribution is 2.41. The van der Waals surface area contributed by atoms with Crippen LogP contribution in [-0.4, -0.2) is 46.5 Å². The quantitative estimate of drug-likeness (QED) is 0.574. The van der Waals surface area contributed by atoms with Crippen LogP contribution in [0.3, 0.4) is 0 Å². The fourth-order valence-electron chi connectivity index (χ4n) is 4.98. The van der Waals surface area contributed by atoms with Gasteiger partial charge in [-0.05, 0) is 56.2 Å². The summed E-state index contributed by atoms with van der Waals surface area (Å²) in [5.74, 6) is 1.25. The summed E-state index contributed by atoms with van der Waals surface area (Å²) in [5, 5.41) is 6.66. The van der Waals surface area contributed by atoms with E-state index in [2.05, 4.69) is 29.2 Å². The van der Waals surface area contributed by atoms with E-state index in [9.17, 15) is 9.59 Å². The Bertz CT molecular complexity index is 1240. The van der Waals surface area contributed by atoms with Crippen molar-refractivity contribution >= 4 is 11.7 Å². The zero-order valence-corrected chi connectivity index (χ0v) is 20.5. The first-order valence-corrected chi connectivity index (χ1v) is 12.2. The minimum Gasteiger partial charge on any atom is -0.486 e. The van der Waals surface area contributed by atoms with Crippen molar-refractivity contribution in [3.05, 3.63) is 71.1 Å². The highest BCUT2D eigenvalue weighted by Gasteiger charge is 2.43. The molecule has 0 atom stereocenters. The van der Waals surface area contributed by atoms with Gasteiger partial charge in [-0.25, -0.2) is 0 Å². The number of fused-ring (bicyclic) bond motifs is 1. The summed E-state index contributed by atoms with van der Waals surface area (Å²) in [7, 11) is 0. The summed E-state index contributed by atoms with van der Waals surface area (Å²) >= 11 is 0. The number of piperidine rings is 1. The summed E-state index contributed by atoms with van der Waals surface area (Å²) in [6, 6.07) is 15.5. The Labute approximate surface area is 205 Å². The van der Waals surface area contributed by atoms with E-state index in [1.807, 2.05) is 37.3 Å². The van der Waals surface area contributed by atoms with Gasteiger partial charge in [0.25, 0.3) is 5.91 Å². The number of Topliss-reactive ketones (excluding diaryl/α,β-unsaturated/α-hetero) is 1. The molecule has 7 heteroatoms. The number of nitrogens with one attached hydrogen (secondary N) is 1. The van der Waals surface area contributed by atoms with Gasteiger partial charge in [0.1, 0.15) is 11.4 Å². The summed E-state index contributed by atoms with van der Waals surface area (Å²) in [6.07, 6.45) is 2.18. The minimum absolute atomic E-state index is 0.143. The van der Waals surface area contributed by atoms with E-state index in [1.165, 1.54) is 0 Å². The average molecular weight is 474 g/mol. The third kappa shape index (κ3) is 4.86. The second-order valence-corrected chi connectivity index (χ2v) is 9.92. The molecule has 1 amide bonds. The number of hydrogen-bond donors (Lipinski definition) is 1. The maximum Gasteiger partial charge on any atom is 0.251 e. The molecule has 0 bridgehead atoms. The largest absolute Gasteiger partial charge is 0.486 e. The lowest BCUT2D eigenvalue weighted by atomic mass is 9.81. The van der Waals surface area contributed by atoms with Gasteiger partial charge in [-0.2, -0.15) is 0 Å². The zero-order chi connectivity index (χ0) is 24.6. The van der Waals surface area contributed by atoms with Gasteiger partial charge in [-0.3, -0.25) is 9.59 Å². The number of aryl methyl sites for hydroxylation is 1. The number of amides is 1. The third-order valence-corrected chi connectivity index (χ3v) is 7.11. The molecule has 0 unspecified atom stereocenters. The van der Waals surface area contributed by atoms with E-state index in [-0.39, 0.29) is 23.8 Å². The van der Waals surface area contributed by atoms with Crippen molar-refractivity contribution < 1.29 is 18.8 Å². The highest BCUT2D eigenvalue weighted by molar-refractivity contribution is 6.01. The number of ether oxygens (including phenoxy) is 1. The number of ketones is 1. The van der Waals surface area contributed by atoms with Crippen LogP contribution in [0.15, 0.2) is 53.1 Å². The van der Waals surface area contributed by atoms with Gasteiger partial charge in [-0.15, -0.1) is 0 Å². The number of benzene rings is 2. The minimum atomic E-state index is -0.379. The number of hydrogen-bond acceptors (Lipinski definition) is 6. The van der Waals surface area contributed by atoms with Crippen LogP contribution in [0.1, 0.15) is 65.3 Å². The zero-order valence-electron chi connectivity index (χ0n) is 20.5. The van der Waals surface area contributed by atoms with Crippen molar-refractivity contribution in [3.63, 3.8) is 0 Å². The Hall–Kier alpha value is -3.45. The molecule has 7 nitrogen and oxygen atoms in total. The lowest BCUT2D eigenvalue weighted by Crippen LogP contribution is -2.52. The molecule has 0 radical (unpaired) electrons. The molecule has 3 aromatic rings. The smallest absolute Gasteiger partial charge is 0.251 e. The van der Waals surface area contributed by atoms with Crippen molar-refractivity contribution in [2.24, 2.45) is 0 Å². The predicted octanol–water partition coefficient (Wildman–Crippen LogP) is 4.79. The van der Waals surface area contributed by atoms with Gasteiger partial charge >= 0.3 is 0 Å². The third-order valence-electron chi connectivity index (χ3n) is 7.11. The maximum atomic E-state index is 13.1. The topological polar surface area (TPSA) is 84.7 Å². The molecule has 2 aliphatic heterocycles. The van der Waals surface area contributed by atoms with Gasteiger partial charge in [0, 0.05) is 43.6 Å². The molecule has 0 aliphatic carbocycles. The Morgan fingerprint density at radius 3 is 2.46 bits per heavy atom. The maximum absolute atomic E-state index is 13.1. The van der Waals surface area contributed by atoms with Gasteiger partial charge in [-0.1, -0.05) is 23.4 Å². The monoisotopic (exact) mass is 473 g/mol. The molecule has 3 heterocycles. The summed E-state index contributed by atoms with van der Waals surface area (Å²) in [5.41, 5.74) is 3.46. The molecular formula is C28H31N3O4. The first-order valence-electron chi connectivity index (χ1n) is 12.2. The molecule has 35 heavy (non-hydrogen) atoms. The SMILES string of the molecule is Cc1cc(CNC(=O)c2ccc(-c3ccc4c(c3)C(=O)CC3(CCN(C(C)C)CC3)O4)cc2)on1.